The van der Waals surface area contributed by atoms with Gasteiger partial charge < -0.3 is 28.3 Å². The highest BCUT2D eigenvalue weighted by atomic mass is 19.4. The van der Waals surface area contributed by atoms with E-state index >= 15 is 13.2 Å². The van der Waals surface area contributed by atoms with E-state index in [9.17, 15) is 0 Å². The van der Waals surface area contributed by atoms with E-state index in [-0.39, 0.29) is 11.4 Å². The third-order valence-corrected chi connectivity index (χ3v) is 8.38. The zero-order valence-corrected chi connectivity index (χ0v) is 24.0. The lowest BCUT2D eigenvalue weighted by Crippen LogP contribution is -2.31. The Hall–Kier alpha value is -4.79. The van der Waals surface area contributed by atoms with Gasteiger partial charge in [0.1, 0.15) is 5.75 Å². The van der Waals surface area contributed by atoms with Crippen LogP contribution in [-0.4, -0.2) is 39.2 Å². The molecule has 5 aromatic rings. The maximum atomic E-state index is 15.0. The van der Waals surface area contributed by atoms with E-state index in [1.165, 1.54) is 7.11 Å². The van der Waals surface area contributed by atoms with Crippen molar-refractivity contribution in [1.29, 1.82) is 0 Å². The van der Waals surface area contributed by atoms with Crippen LogP contribution in [0.1, 0.15) is 17.4 Å². The number of hydrogen-bond acceptors (Lipinski definition) is 5. The van der Waals surface area contributed by atoms with Crippen molar-refractivity contribution in [2.24, 2.45) is 0 Å². The molecule has 4 aromatic carbocycles. The minimum Gasteiger partial charge on any atom is -0.493 e. The first-order valence-electron chi connectivity index (χ1n) is 13.8. The molecule has 220 valence electrons. The number of rotatable bonds is 5. The Morgan fingerprint density at radius 2 is 1.44 bits per heavy atom. The quantitative estimate of drug-likeness (QED) is 0.207. The molecule has 1 atom stereocenters. The van der Waals surface area contributed by atoms with Gasteiger partial charge in [-0.3, -0.25) is 0 Å². The van der Waals surface area contributed by atoms with Gasteiger partial charge in [0.2, 0.25) is 6.10 Å². The van der Waals surface area contributed by atoms with Crippen molar-refractivity contribution >= 4 is 10.8 Å². The molecule has 1 aromatic heterocycles. The van der Waals surface area contributed by atoms with Gasteiger partial charge in [-0.15, -0.1) is 0 Å². The van der Waals surface area contributed by atoms with E-state index in [2.05, 4.69) is 0 Å². The average molecular weight is 588 g/mol. The molecular weight excluding hydrogens is 559 g/mol. The number of alkyl halides is 3. The van der Waals surface area contributed by atoms with Crippen molar-refractivity contribution in [3.8, 4) is 62.3 Å². The Morgan fingerprint density at radius 1 is 0.744 bits per heavy atom. The molecule has 7 rings (SSSR count). The van der Waals surface area contributed by atoms with Crippen LogP contribution in [0.3, 0.4) is 0 Å². The molecule has 43 heavy (non-hydrogen) atoms. The molecule has 3 heterocycles. The Labute approximate surface area is 246 Å². The third kappa shape index (κ3) is 4.01. The van der Waals surface area contributed by atoms with Crippen LogP contribution in [0, 0.1) is 0 Å². The molecule has 9 heteroatoms. The fourth-order valence-corrected chi connectivity index (χ4v) is 6.51. The molecule has 0 saturated heterocycles. The molecule has 0 N–H and O–H groups in total. The lowest BCUT2D eigenvalue weighted by Gasteiger charge is -2.32. The SMILES string of the molecule is COc1ccc(-c2c3c(n4c2-c2cc(OC)c(OC)cc2CC4)[C@@H](C(F)(F)F)Oc2c-3ccc3ccccc23)cc1OC. The summed E-state index contributed by atoms with van der Waals surface area (Å²) in [5, 5.41) is 1.42. The second-order valence-electron chi connectivity index (χ2n) is 10.5. The molecule has 0 fully saturated rings. The number of fused-ring (bicyclic) bond motifs is 9. The highest BCUT2D eigenvalue weighted by molar-refractivity contribution is 6.04. The smallest absolute Gasteiger partial charge is 0.431 e. The van der Waals surface area contributed by atoms with Gasteiger partial charge >= 0.3 is 6.18 Å². The first-order valence-corrected chi connectivity index (χ1v) is 13.8. The van der Waals surface area contributed by atoms with Crippen LogP contribution in [0.5, 0.6) is 28.7 Å². The van der Waals surface area contributed by atoms with Crippen molar-refractivity contribution in [1.82, 2.24) is 4.57 Å². The number of methoxy groups -OCH3 is 4. The molecule has 0 aliphatic carbocycles. The van der Waals surface area contributed by atoms with Crippen molar-refractivity contribution in [3.05, 3.63) is 78.0 Å². The Kier molecular flexibility index (Phi) is 6.23. The zero-order chi connectivity index (χ0) is 30.0. The fraction of sp³-hybridized carbons (Fsp3) is 0.235. The fourth-order valence-electron chi connectivity index (χ4n) is 6.51. The third-order valence-electron chi connectivity index (χ3n) is 8.38. The van der Waals surface area contributed by atoms with Gasteiger partial charge in [0, 0.05) is 34.2 Å². The standard InChI is InChI=1S/C34H28F3NO5/c1-39-24-12-10-20(16-25(24)40-2)28-29-22-11-9-18-7-5-6-8-21(18)32(22)43-33(34(35,36)37)31(29)38-14-13-19-15-26(41-3)27(42-4)17-23(19)30(28)38/h5-12,15-17,33H,13-14H2,1-4H3/t33-/m0/s1. The zero-order valence-electron chi connectivity index (χ0n) is 24.0. The van der Waals surface area contributed by atoms with E-state index in [0.29, 0.717) is 69.3 Å². The second-order valence-corrected chi connectivity index (χ2v) is 10.5. The maximum absolute atomic E-state index is 15.0. The van der Waals surface area contributed by atoms with Gasteiger partial charge in [0.25, 0.3) is 0 Å². The van der Waals surface area contributed by atoms with Gasteiger partial charge in [-0.25, -0.2) is 0 Å². The van der Waals surface area contributed by atoms with Crippen LogP contribution in [0.25, 0.3) is 44.3 Å². The summed E-state index contributed by atoms with van der Waals surface area (Å²) in [6, 6.07) is 20.3. The van der Waals surface area contributed by atoms with Crippen molar-refractivity contribution in [2.45, 2.75) is 25.2 Å². The van der Waals surface area contributed by atoms with Crippen LogP contribution >= 0.6 is 0 Å². The highest BCUT2D eigenvalue weighted by Gasteiger charge is 2.51. The van der Waals surface area contributed by atoms with Crippen molar-refractivity contribution in [3.63, 3.8) is 0 Å². The summed E-state index contributed by atoms with van der Waals surface area (Å²) in [4.78, 5) is 0. The van der Waals surface area contributed by atoms with Crippen LogP contribution in [0.2, 0.25) is 0 Å². The Balaban J connectivity index is 1.65. The van der Waals surface area contributed by atoms with Crippen LogP contribution in [0.4, 0.5) is 13.2 Å². The van der Waals surface area contributed by atoms with E-state index in [0.717, 1.165) is 16.5 Å². The summed E-state index contributed by atoms with van der Waals surface area (Å²) >= 11 is 0. The normalized spacial score (nSPS) is 15.1. The van der Waals surface area contributed by atoms with Gasteiger partial charge in [-0.05, 0) is 53.3 Å². The number of halogens is 3. The molecule has 0 radical (unpaired) electrons. The van der Waals surface area contributed by atoms with Crippen LogP contribution in [0.15, 0.2) is 66.7 Å². The summed E-state index contributed by atoms with van der Waals surface area (Å²) in [5.41, 5.74) is 4.87. The second kappa shape index (κ2) is 9.90. The minimum atomic E-state index is -4.68. The first-order chi connectivity index (χ1) is 20.8. The Bertz CT molecular complexity index is 1910. The van der Waals surface area contributed by atoms with Crippen molar-refractivity contribution < 1.29 is 36.9 Å². The lowest BCUT2D eigenvalue weighted by molar-refractivity contribution is -0.200. The lowest BCUT2D eigenvalue weighted by atomic mass is 9.87. The topological polar surface area (TPSA) is 51.1 Å². The molecule has 0 bridgehead atoms. The van der Waals surface area contributed by atoms with Crippen LogP contribution < -0.4 is 23.7 Å². The van der Waals surface area contributed by atoms with E-state index in [4.69, 9.17) is 23.7 Å². The number of hydrogen-bond donors (Lipinski definition) is 0. The summed E-state index contributed by atoms with van der Waals surface area (Å²) in [7, 11) is 6.19. The number of aryl methyl sites for hydroxylation is 1. The van der Waals surface area contributed by atoms with Gasteiger partial charge in [-0.2, -0.15) is 13.2 Å². The van der Waals surface area contributed by atoms with Gasteiger partial charge in [0.05, 0.1) is 39.8 Å². The molecule has 6 nitrogen and oxygen atoms in total. The number of ether oxygens (including phenoxy) is 5. The van der Waals surface area contributed by atoms with E-state index < -0.39 is 12.3 Å². The van der Waals surface area contributed by atoms with Crippen molar-refractivity contribution in [2.75, 3.05) is 28.4 Å². The maximum Gasteiger partial charge on any atom is 0.431 e. The molecule has 0 unspecified atom stereocenters. The average Bonchev–Trinajstić information content (AvgIpc) is 3.38. The van der Waals surface area contributed by atoms with Gasteiger partial charge in [0.15, 0.2) is 23.0 Å². The summed E-state index contributed by atoms with van der Waals surface area (Å²) in [5.74, 6) is 2.25. The van der Waals surface area contributed by atoms with E-state index in [1.807, 2.05) is 48.5 Å². The molecule has 0 amide bonds. The first kappa shape index (κ1) is 27.1. The number of aromatic nitrogens is 1. The summed E-state index contributed by atoms with van der Waals surface area (Å²) < 4.78 is 75.1. The number of nitrogens with zero attached hydrogens (tertiary/aromatic N) is 1. The van der Waals surface area contributed by atoms with E-state index in [1.54, 1.807) is 44.1 Å². The molecular formula is C34H28F3NO5. The predicted octanol–water partition coefficient (Wildman–Crippen LogP) is 8.23. The monoisotopic (exact) mass is 587 g/mol. The minimum absolute atomic E-state index is 0.0792. The number of benzene rings is 4. The summed E-state index contributed by atoms with van der Waals surface area (Å²) in [6.07, 6.45) is -6.34. The Morgan fingerprint density at radius 3 is 2.16 bits per heavy atom. The predicted molar refractivity (Wildman–Crippen MR) is 158 cm³/mol. The summed E-state index contributed by atoms with van der Waals surface area (Å²) in [6.45, 7) is 0.326. The molecule has 0 spiro atoms. The van der Waals surface area contributed by atoms with Gasteiger partial charge in [-0.1, -0.05) is 36.4 Å². The highest BCUT2D eigenvalue weighted by Crippen LogP contribution is 2.58. The molecule has 0 saturated carbocycles. The largest absolute Gasteiger partial charge is 0.493 e. The van der Waals surface area contributed by atoms with Crippen LogP contribution in [-0.2, 0) is 13.0 Å². The molecule has 2 aliphatic rings. The molecule has 2 aliphatic heterocycles.